The topological polar surface area (TPSA) is 114 Å². The lowest BCUT2D eigenvalue weighted by Crippen LogP contribution is -2.44. The zero-order valence-electron chi connectivity index (χ0n) is 17.4. The summed E-state index contributed by atoms with van der Waals surface area (Å²) in [6.07, 6.45) is 3.55. The zero-order chi connectivity index (χ0) is 22.7. The van der Waals surface area contributed by atoms with Crippen LogP contribution in [0.25, 0.3) is 6.08 Å². The van der Waals surface area contributed by atoms with Gasteiger partial charge in [-0.05, 0) is 30.5 Å². The fourth-order valence-electron chi connectivity index (χ4n) is 3.79. The first kappa shape index (κ1) is 21.4. The van der Waals surface area contributed by atoms with Gasteiger partial charge in [0.05, 0.1) is 23.7 Å². The van der Waals surface area contributed by atoms with Gasteiger partial charge in [-0.3, -0.25) is 10.1 Å². The maximum absolute atomic E-state index is 12.5. The molecule has 0 unspecified atom stereocenters. The molecule has 0 bridgehead atoms. The van der Waals surface area contributed by atoms with Crippen LogP contribution < -0.4 is 9.47 Å². The van der Waals surface area contributed by atoms with Crippen LogP contribution in [-0.4, -0.2) is 29.8 Å². The second-order valence-corrected chi connectivity index (χ2v) is 7.55. The standard InChI is InChI=1S/C23H21NO8/c1-29-19-12-16(11-17-21(25)31-23(32-22(17)26)9-5-6-10-23)18(24(27)28)13-20(19)30-14-15-7-3-2-4-8-15/h2-4,7-8,11-13H,5-6,9-10,14H2,1H3. The Morgan fingerprint density at radius 3 is 2.31 bits per heavy atom. The molecule has 2 aliphatic rings. The summed E-state index contributed by atoms with van der Waals surface area (Å²) in [7, 11) is 1.39. The molecular formula is C23H21NO8. The Morgan fingerprint density at radius 1 is 1.06 bits per heavy atom. The Hall–Kier alpha value is -3.88. The van der Waals surface area contributed by atoms with Crippen molar-refractivity contribution in [2.45, 2.75) is 38.1 Å². The van der Waals surface area contributed by atoms with Gasteiger partial charge < -0.3 is 18.9 Å². The van der Waals surface area contributed by atoms with Crippen molar-refractivity contribution in [3.8, 4) is 11.5 Å². The van der Waals surface area contributed by atoms with Crippen LogP contribution in [0.1, 0.15) is 36.8 Å². The number of nitro benzene ring substituents is 1. The SMILES string of the molecule is COc1cc(C=C2C(=O)OC3(CCCC3)OC2=O)c([N+](=O)[O-])cc1OCc1ccccc1. The van der Waals surface area contributed by atoms with Crippen LogP contribution in [0.2, 0.25) is 0 Å². The second kappa shape index (κ2) is 8.70. The van der Waals surface area contributed by atoms with E-state index < -0.39 is 28.2 Å². The number of nitrogens with zero attached hydrogens (tertiary/aromatic N) is 1. The van der Waals surface area contributed by atoms with Crippen LogP contribution in [0, 0.1) is 10.1 Å². The zero-order valence-corrected chi connectivity index (χ0v) is 17.4. The molecule has 1 saturated carbocycles. The number of methoxy groups -OCH3 is 1. The Bertz CT molecular complexity index is 1060. The van der Waals surface area contributed by atoms with Crippen molar-refractivity contribution in [1.82, 2.24) is 0 Å². The summed E-state index contributed by atoms with van der Waals surface area (Å²) < 4.78 is 21.8. The highest BCUT2D eigenvalue weighted by Gasteiger charge is 2.48. The van der Waals surface area contributed by atoms with E-state index in [1.54, 1.807) is 0 Å². The average molecular weight is 439 g/mol. The van der Waals surface area contributed by atoms with Gasteiger partial charge in [-0.1, -0.05) is 30.3 Å². The third-order valence-corrected chi connectivity index (χ3v) is 5.41. The largest absolute Gasteiger partial charge is 0.493 e. The van der Waals surface area contributed by atoms with E-state index in [9.17, 15) is 19.7 Å². The van der Waals surface area contributed by atoms with Crippen molar-refractivity contribution in [3.05, 3.63) is 69.3 Å². The van der Waals surface area contributed by atoms with E-state index in [1.807, 2.05) is 30.3 Å². The quantitative estimate of drug-likeness (QED) is 0.219. The molecule has 9 heteroatoms. The molecule has 1 spiro atoms. The van der Waals surface area contributed by atoms with Crippen LogP contribution in [0.4, 0.5) is 5.69 Å². The molecule has 4 rings (SSSR count). The van der Waals surface area contributed by atoms with E-state index in [0.717, 1.165) is 24.5 Å². The highest BCUT2D eigenvalue weighted by atomic mass is 16.7. The lowest BCUT2D eigenvalue weighted by Gasteiger charge is -2.32. The summed E-state index contributed by atoms with van der Waals surface area (Å²) in [5, 5.41) is 11.7. The fourth-order valence-corrected chi connectivity index (χ4v) is 3.79. The number of nitro groups is 1. The van der Waals surface area contributed by atoms with Gasteiger partial charge in [0.1, 0.15) is 12.2 Å². The molecule has 2 aromatic rings. The number of rotatable bonds is 6. The first-order valence-corrected chi connectivity index (χ1v) is 10.1. The molecule has 2 fully saturated rings. The van der Waals surface area contributed by atoms with Crippen LogP contribution in [0.15, 0.2) is 48.0 Å². The van der Waals surface area contributed by atoms with Crippen molar-refractivity contribution in [2.75, 3.05) is 7.11 Å². The molecule has 0 amide bonds. The van der Waals surface area contributed by atoms with Crippen LogP contribution in [0.5, 0.6) is 11.5 Å². The minimum Gasteiger partial charge on any atom is -0.493 e. The molecule has 166 valence electrons. The third-order valence-electron chi connectivity index (χ3n) is 5.41. The van der Waals surface area contributed by atoms with Crippen LogP contribution in [0.3, 0.4) is 0 Å². The van der Waals surface area contributed by atoms with E-state index in [1.165, 1.54) is 19.2 Å². The summed E-state index contributed by atoms with van der Waals surface area (Å²) in [4.78, 5) is 36.1. The number of carbonyl (C=O) groups is 2. The van der Waals surface area contributed by atoms with Gasteiger partial charge in [-0.2, -0.15) is 0 Å². The molecular weight excluding hydrogens is 418 g/mol. The fraction of sp³-hybridized carbons (Fsp3) is 0.304. The Labute approximate surface area is 183 Å². The summed E-state index contributed by atoms with van der Waals surface area (Å²) in [5.41, 5.74) is 0.0934. The Kier molecular flexibility index (Phi) is 5.81. The second-order valence-electron chi connectivity index (χ2n) is 7.55. The summed E-state index contributed by atoms with van der Waals surface area (Å²) in [6, 6.07) is 11.8. The monoisotopic (exact) mass is 439 g/mol. The molecule has 0 aromatic heterocycles. The molecule has 9 nitrogen and oxygen atoms in total. The van der Waals surface area contributed by atoms with Crippen molar-refractivity contribution in [1.29, 1.82) is 0 Å². The van der Waals surface area contributed by atoms with Gasteiger partial charge in [0.25, 0.3) is 11.5 Å². The van der Waals surface area contributed by atoms with Crippen molar-refractivity contribution < 1.29 is 33.5 Å². The predicted molar refractivity (Wildman–Crippen MR) is 112 cm³/mol. The van der Waals surface area contributed by atoms with Gasteiger partial charge in [0, 0.05) is 12.8 Å². The lowest BCUT2D eigenvalue weighted by atomic mass is 10.1. The van der Waals surface area contributed by atoms with Gasteiger partial charge in [0.15, 0.2) is 11.5 Å². The number of benzene rings is 2. The highest BCUT2D eigenvalue weighted by Crippen LogP contribution is 2.40. The van der Waals surface area contributed by atoms with E-state index in [2.05, 4.69) is 0 Å². The molecule has 1 heterocycles. The number of hydrogen-bond donors (Lipinski definition) is 0. The first-order valence-electron chi connectivity index (χ1n) is 10.1. The van der Waals surface area contributed by atoms with E-state index in [4.69, 9.17) is 18.9 Å². The van der Waals surface area contributed by atoms with Crippen LogP contribution in [-0.2, 0) is 25.7 Å². The molecule has 0 atom stereocenters. The minimum absolute atomic E-state index is 0.00909. The maximum Gasteiger partial charge on any atom is 0.348 e. The number of hydrogen-bond acceptors (Lipinski definition) is 8. The molecule has 1 aliphatic heterocycles. The van der Waals surface area contributed by atoms with Crippen molar-refractivity contribution in [3.63, 3.8) is 0 Å². The smallest absolute Gasteiger partial charge is 0.348 e. The normalized spacial score (nSPS) is 17.0. The van der Waals surface area contributed by atoms with E-state index in [-0.39, 0.29) is 29.4 Å². The molecule has 0 N–H and O–H groups in total. The molecule has 2 aromatic carbocycles. The van der Waals surface area contributed by atoms with Gasteiger partial charge in [-0.15, -0.1) is 0 Å². The molecule has 1 saturated heterocycles. The molecule has 0 radical (unpaired) electrons. The van der Waals surface area contributed by atoms with E-state index in [0.29, 0.717) is 12.8 Å². The van der Waals surface area contributed by atoms with E-state index >= 15 is 0 Å². The summed E-state index contributed by atoms with van der Waals surface area (Å²) >= 11 is 0. The number of carbonyl (C=O) groups excluding carboxylic acids is 2. The third kappa shape index (κ3) is 4.27. The van der Waals surface area contributed by atoms with Crippen LogP contribution >= 0.6 is 0 Å². The average Bonchev–Trinajstić information content (AvgIpc) is 3.22. The molecule has 32 heavy (non-hydrogen) atoms. The van der Waals surface area contributed by atoms with Crippen molar-refractivity contribution >= 4 is 23.7 Å². The summed E-state index contributed by atoms with van der Waals surface area (Å²) in [6.45, 7) is 0.176. The maximum atomic E-state index is 12.5. The number of ether oxygens (including phenoxy) is 4. The van der Waals surface area contributed by atoms with Gasteiger partial charge in [-0.25, -0.2) is 9.59 Å². The van der Waals surface area contributed by atoms with Crippen molar-refractivity contribution in [2.24, 2.45) is 0 Å². The Morgan fingerprint density at radius 2 is 1.72 bits per heavy atom. The Balaban J connectivity index is 1.65. The lowest BCUT2D eigenvalue weighted by molar-refractivity contribution is -0.385. The summed E-state index contributed by atoms with van der Waals surface area (Å²) in [5.74, 6) is -2.57. The molecule has 1 aliphatic carbocycles. The predicted octanol–water partition coefficient (Wildman–Crippen LogP) is 3.94. The highest BCUT2D eigenvalue weighted by molar-refractivity contribution is 6.19. The minimum atomic E-state index is -1.22. The number of esters is 2. The van der Waals surface area contributed by atoms with Gasteiger partial charge >= 0.3 is 11.9 Å². The van der Waals surface area contributed by atoms with Gasteiger partial charge in [0.2, 0.25) is 0 Å². The first-order chi connectivity index (χ1) is 15.4.